The molecule has 0 aliphatic rings. The minimum Gasteiger partial charge on any atom is -0.448 e. The molecule has 0 spiro atoms. The maximum Gasteiger partial charge on any atom is 0.180 e. The van der Waals surface area contributed by atoms with E-state index in [9.17, 15) is 18.3 Å². The highest BCUT2D eigenvalue weighted by atomic mass is 19.1. The van der Waals surface area contributed by atoms with Gasteiger partial charge in [0, 0.05) is 24.0 Å². The quantitative estimate of drug-likeness (QED) is 0.766. The van der Waals surface area contributed by atoms with Crippen molar-refractivity contribution in [3.05, 3.63) is 77.8 Å². The van der Waals surface area contributed by atoms with Gasteiger partial charge in [0.05, 0.1) is 18.1 Å². The van der Waals surface area contributed by atoms with E-state index in [2.05, 4.69) is 15.0 Å². The predicted molar refractivity (Wildman–Crippen MR) is 80.9 cm³/mol. The summed E-state index contributed by atoms with van der Waals surface area (Å²) in [5.41, 5.74) is -2.25. The molecule has 0 aliphatic carbocycles. The summed E-state index contributed by atoms with van der Waals surface area (Å²) >= 11 is 0. The Bertz CT molecular complexity index is 873. The van der Waals surface area contributed by atoms with Gasteiger partial charge in [-0.05, 0) is 6.07 Å². The number of hydrogen-bond acceptors (Lipinski definition) is 5. The minimum absolute atomic E-state index is 0.0965. The summed E-state index contributed by atoms with van der Waals surface area (Å²) in [4.78, 5) is 11.2. The number of aromatic nitrogens is 3. The summed E-state index contributed by atoms with van der Waals surface area (Å²) in [7, 11) is 0. The van der Waals surface area contributed by atoms with E-state index in [-0.39, 0.29) is 23.4 Å². The van der Waals surface area contributed by atoms with Crippen molar-refractivity contribution < 1.29 is 22.7 Å². The van der Waals surface area contributed by atoms with Crippen LogP contribution in [0.2, 0.25) is 0 Å². The molecule has 3 aromatic rings. The molecule has 0 saturated carbocycles. The Morgan fingerprint density at radius 3 is 2.60 bits per heavy atom. The van der Waals surface area contributed by atoms with Gasteiger partial charge in [0.15, 0.2) is 12.2 Å². The third-order valence-corrected chi connectivity index (χ3v) is 4.15. The fourth-order valence-electron chi connectivity index (χ4n) is 2.78. The van der Waals surface area contributed by atoms with E-state index in [1.165, 1.54) is 13.1 Å². The van der Waals surface area contributed by atoms with E-state index in [0.29, 0.717) is 6.07 Å². The number of aliphatic hydroxyl groups is 1. The van der Waals surface area contributed by atoms with Crippen LogP contribution in [-0.2, 0) is 12.0 Å². The number of benzene rings is 1. The summed E-state index contributed by atoms with van der Waals surface area (Å²) < 4.78 is 46.9. The van der Waals surface area contributed by atoms with Crippen LogP contribution in [0.1, 0.15) is 29.9 Å². The van der Waals surface area contributed by atoms with Crippen molar-refractivity contribution in [2.75, 3.05) is 0 Å². The highest BCUT2D eigenvalue weighted by Gasteiger charge is 2.42. The summed E-state index contributed by atoms with van der Waals surface area (Å²) in [6.07, 6.45) is 4.39. The molecule has 0 saturated heterocycles. The summed E-state index contributed by atoms with van der Waals surface area (Å²) in [5, 5.41) is 11.3. The Morgan fingerprint density at radius 2 is 1.96 bits per heavy atom. The molecule has 8 heteroatoms. The summed E-state index contributed by atoms with van der Waals surface area (Å²) in [6, 6.07) is 2.80. The van der Waals surface area contributed by atoms with Gasteiger partial charge in [-0.25, -0.2) is 28.1 Å². The zero-order valence-corrected chi connectivity index (χ0v) is 13.2. The predicted octanol–water partition coefficient (Wildman–Crippen LogP) is 3.12. The van der Waals surface area contributed by atoms with E-state index < -0.39 is 29.0 Å². The lowest BCUT2D eigenvalue weighted by atomic mass is 9.77. The van der Waals surface area contributed by atoms with Crippen LogP contribution in [0.15, 0.2) is 47.7 Å². The van der Waals surface area contributed by atoms with Crippen molar-refractivity contribution in [3.8, 4) is 0 Å². The highest BCUT2D eigenvalue weighted by molar-refractivity contribution is 5.31. The topological polar surface area (TPSA) is 72.0 Å². The van der Waals surface area contributed by atoms with Gasteiger partial charge < -0.3 is 9.52 Å². The van der Waals surface area contributed by atoms with E-state index in [1.54, 1.807) is 0 Å². The van der Waals surface area contributed by atoms with Crippen LogP contribution >= 0.6 is 0 Å². The van der Waals surface area contributed by atoms with Crippen molar-refractivity contribution in [2.24, 2.45) is 0 Å². The van der Waals surface area contributed by atoms with Gasteiger partial charge >= 0.3 is 0 Å². The fourth-order valence-corrected chi connectivity index (χ4v) is 2.78. The van der Waals surface area contributed by atoms with Gasteiger partial charge in [-0.2, -0.15) is 0 Å². The molecule has 2 heterocycles. The standard InChI is InChI=1S/C17H14F3N3O2/c1-10(16-15(20)7-21-8-23-16)17(24,5-12-6-22-9-25-12)13-3-2-11(18)4-14(13)19/h2-4,6-10,24H,5H2,1H3/t10-,17+/m0/s1. The second-order valence-electron chi connectivity index (χ2n) is 5.67. The van der Waals surface area contributed by atoms with Gasteiger partial charge in [-0.1, -0.05) is 13.0 Å². The third-order valence-electron chi connectivity index (χ3n) is 4.15. The molecule has 130 valence electrons. The first kappa shape index (κ1) is 17.1. The zero-order valence-electron chi connectivity index (χ0n) is 13.2. The van der Waals surface area contributed by atoms with Gasteiger partial charge in [-0.15, -0.1) is 0 Å². The molecule has 0 radical (unpaired) electrons. The van der Waals surface area contributed by atoms with Crippen molar-refractivity contribution in [1.82, 2.24) is 15.0 Å². The Kier molecular flexibility index (Phi) is 4.54. The van der Waals surface area contributed by atoms with Crippen LogP contribution in [0.25, 0.3) is 0 Å². The minimum atomic E-state index is -1.95. The van der Waals surface area contributed by atoms with Crippen molar-refractivity contribution >= 4 is 0 Å². The first-order valence-corrected chi connectivity index (χ1v) is 7.42. The van der Waals surface area contributed by atoms with Crippen molar-refractivity contribution in [3.63, 3.8) is 0 Å². The van der Waals surface area contributed by atoms with Crippen LogP contribution in [0, 0.1) is 17.5 Å². The SMILES string of the molecule is C[C@@H](c1ncncc1F)[C@](O)(Cc1cnco1)c1ccc(F)cc1F. The van der Waals surface area contributed by atoms with E-state index in [1.807, 2.05) is 0 Å². The molecule has 1 N–H and O–H groups in total. The van der Waals surface area contributed by atoms with Gasteiger partial charge in [0.1, 0.15) is 29.3 Å². The van der Waals surface area contributed by atoms with E-state index in [4.69, 9.17) is 4.42 Å². The fraction of sp³-hybridized carbons (Fsp3) is 0.235. The number of rotatable bonds is 5. The van der Waals surface area contributed by atoms with E-state index >= 15 is 0 Å². The Hall–Kier alpha value is -2.74. The van der Waals surface area contributed by atoms with Crippen LogP contribution in [0.4, 0.5) is 13.2 Å². The maximum atomic E-state index is 14.4. The maximum absolute atomic E-state index is 14.4. The number of halogens is 3. The normalized spacial score (nSPS) is 14.9. The zero-order chi connectivity index (χ0) is 18.0. The summed E-state index contributed by atoms with van der Waals surface area (Å²) in [6.45, 7) is 1.49. The lowest BCUT2D eigenvalue weighted by Gasteiger charge is -2.34. The number of oxazole rings is 1. The number of nitrogens with zero attached hydrogens (tertiary/aromatic N) is 3. The average molecular weight is 349 g/mol. The van der Waals surface area contributed by atoms with Crippen molar-refractivity contribution in [1.29, 1.82) is 0 Å². The van der Waals surface area contributed by atoms with Crippen LogP contribution in [-0.4, -0.2) is 20.1 Å². The van der Waals surface area contributed by atoms with Crippen LogP contribution in [0.5, 0.6) is 0 Å². The molecule has 3 rings (SSSR count). The molecule has 0 aliphatic heterocycles. The third kappa shape index (κ3) is 3.25. The lowest BCUT2D eigenvalue weighted by Crippen LogP contribution is -2.36. The monoisotopic (exact) mass is 349 g/mol. The largest absolute Gasteiger partial charge is 0.448 e. The van der Waals surface area contributed by atoms with Gasteiger partial charge in [0.2, 0.25) is 0 Å². The van der Waals surface area contributed by atoms with Crippen LogP contribution < -0.4 is 0 Å². The molecule has 5 nitrogen and oxygen atoms in total. The summed E-state index contributed by atoms with van der Waals surface area (Å²) in [5.74, 6) is -3.21. The molecule has 0 unspecified atom stereocenters. The van der Waals surface area contributed by atoms with Gasteiger partial charge in [-0.3, -0.25) is 0 Å². The highest BCUT2D eigenvalue weighted by Crippen LogP contribution is 2.40. The molecular weight excluding hydrogens is 335 g/mol. The molecule has 0 fully saturated rings. The Labute approximate surface area is 141 Å². The Morgan fingerprint density at radius 1 is 1.16 bits per heavy atom. The molecule has 0 amide bonds. The molecule has 2 atom stereocenters. The number of hydrogen-bond donors (Lipinski definition) is 1. The first-order chi connectivity index (χ1) is 11.9. The molecule has 1 aromatic carbocycles. The van der Waals surface area contributed by atoms with Gasteiger partial charge in [0.25, 0.3) is 0 Å². The molecule has 25 heavy (non-hydrogen) atoms. The average Bonchev–Trinajstić information content (AvgIpc) is 3.07. The first-order valence-electron chi connectivity index (χ1n) is 7.42. The lowest BCUT2D eigenvalue weighted by molar-refractivity contribution is 0.00235. The Balaban J connectivity index is 2.13. The second kappa shape index (κ2) is 6.64. The smallest absolute Gasteiger partial charge is 0.180 e. The molecular formula is C17H14F3N3O2. The molecule has 0 bridgehead atoms. The van der Waals surface area contributed by atoms with Crippen LogP contribution in [0.3, 0.4) is 0 Å². The van der Waals surface area contributed by atoms with E-state index in [0.717, 1.165) is 31.1 Å². The van der Waals surface area contributed by atoms with Crippen molar-refractivity contribution in [2.45, 2.75) is 24.9 Å². The molecule has 2 aromatic heterocycles. The second-order valence-corrected chi connectivity index (χ2v) is 5.67.